The van der Waals surface area contributed by atoms with E-state index in [0.717, 1.165) is 10.9 Å². The molecule has 0 saturated carbocycles. The van der Waals surface area contributed by atoms with Crippen LogP contribution in [0, 0.1) is 5.92 Å². The lowest BCUT2D eigenvalue weighted by atomic mass is 9.94. The van der Waals surface area contributed by atoms with E-state index in [4.69, 9.17) is 4.74 Å². The molecule has 28 heavy (non-hydrogen) atoms. The van der Waals surface area contributed by atoms with Gasteiger partial charge in [-0.3, -0.25) is 4.79 Å². The summed E-state index contributed by atoms with van der Waals surface area (Å²) in [6.45, 7) is 8.71. The molecular formula is C23H30N2O3. The molecule has 0 radical (unpaired) electrons. The fourth-order valence-electron chi connectivity index (χ4n) is 3.69. The van der Waals surface area contributed by atoms with E-state index in [2.05, 4.69) is 29.6 Å². The first-order chi connectivity index (χ1) is 13.2. The number of ether oxygens (including phenoxy) is 1. The molecule has 5 heteroatoms. The van der Waals surface area contributed by atoms with Crippen molar-refractivity contribution in [3.05, 3.63) is 48.0 Å². The Morgan fingerprint density at radius 1 is 1.07 bits per heavy atom. The van der Waals surface area contributed by atoms with E-state index in [0.29, 0.717) is 25.9 Å². The largest absolute Gasteiger partial charge is 0.444 e. The van der Waals surface area contributed by atoms with Gasteiger partial charge < -0.3 is 15.0 Å². The quantitative estimate of drug-likeness (QED) is 0.840. The van der Waals surface area contributed by atoms with Gasteiger partial charge in [0, 0.05) is 19.0 Å². The van der Waals surface area contributed by atoms with E-state index >= 15 is 0 Å². The summed E-state index contributed by atoms with van der Waals surface area (Å²) in [4.78, 5) is 26.7. The number of nitrogens with one attached hydrogen (secondary N) is 1. The maximum absolute atomic E-state index is 12.8. The second-order valence-corrected chi connectivity index (χ2v) is 8.54. The van der Waals surface area contributed by atoms with Crippen LogP contribution in [0.15, 0.2) is 42.5 Å². The molecule has 0 unspecified atom stereocenters. The highest BCUT2D eigenvalue weighted by Gasteiger charge is 2.30. The molecule has 3 rings (SSSR count). The minimum absolute atomic E-state index is 0.0595. The first-order valence-electron chi connectivity index (χ1n) is 10.0. The molecule has 0 aromatic heterocycles. The lowest BCUT2D eigenvalue weighted by Gasteiger charge is -2.33. The number of likely N-dealkylation sites (tertiary alicyclic amines) is 1. The molecule has 0 bridgehead atoms. The van der Waals surface area contributed by atoms with Crippen LogP contribution in [0.5, 0.6) is 0 Å². The average Bonchev–Trinajstić information content (AvgIpc) is 2.66. The summed E-state index contributed by atoms with van der Waals surface area (Å²) in [5.41, 5.74) is 0.622. The molecule has 0 spiro atoms. The van der Waals surface area contributed by atoms with Gasteiger partial charge in [0.1, 0.15) is 5.60 Å². The van der Waals surface area contributed by atoms with E-state index in [1.807, 2.05) is 45.9 Å². The zero-order chi connectivity index (χ0) is 20.3. The number of piperidine rings is 1. The van der Waals surface area contributed by atoms with Crippen molar-refractivity contribution in [2.75, 3.05) is 13.1 Å². The summed E-state index contributed by atoms with van der Waals surface area (Å²) < 4.78 is 5.42. The molecule has 2 aromatic rings. The molecule has 1 aliphatic rings. The lowest BCUT2D eigenvalue weighted by molar-refractivity contribution is -0.127. The van der Waals surface area contributed by atoms with Crippen molar-refractivity contribution in [1.82, 2.24) is 10.2 Å². The van der Waals surface area contributed by atoms with Gasteiger partial charge in [0.05, 0.1) is 6.04 Å². The van der Waals surface area contributed by atoms with Gasteiger partial charge in [-0.1, -0.05) is 42.5 Å². The Balaban J connectivity index is 1.58. The number of hydrogen-bond donors (Lipinski definition) is 1. The Morgan fingerprint density at radius 3 is 2.39 bits per heavy atom. The molecule has 2 amide bonds. The van der Waals surface area contributed by atoms with Gasteiger partial charge >= 0.3 is 6.09 Å². The number of rotatable bonds is 3. The third-order valence-corrected chi connectivity index (χ3v) is 5.17. The number of amides is 2. The summed E-state index contributed by atoms with van der Waals surface area (Å²) in [6.07, 6.45) is 1.02. The second-order valence-electron chi connectivity index (χ2n) is 8.54. The third kappa shape index (κ3) is 4.83. The normalized spacial score (nSPS) is 16.6. The van der Waals surface area contributed by atoms with Crippen LogP contribution < -0.4 is 5.32 Å². The van der Waals surface area contributed by atoms with Gasteiger partial charge in [0.25, 0.3) is 0 Å². The summed E-state index contributed by atoms with van der Waals surface area (Å²) in [5.74, 6) is -0.0135. The molecule has 150 valence electrons. The molecule has 1 heterocycles. The van der Waals surface area contributed by atoms with Gasteiger partial charge in [-0.15, -0.1) is 0 Å². The number of carbonyl (C=O) groups excluding carboxylic acids is 2. The minimum Gasteiger partial charge on any atom is -0.444 e. The van der Waals surface area contributed by atoms with Crippen LogP contribution in [0.25, 0.3) is 10.8 Å². The molecule has 2 aromatic carbocycles. The zero-order valence-corrected chi connectivity index (χ0v) is 17.2. The predicted octanol–water partition coefficient (Wildman–Crippen LogP) is 4.66. The first kappa shape index (κ1) is 20.2. The lowest BCUT2D eigenvalue weighted by Crippen LogP contribution is -2.45. The van der Waals surface area contributed by atoms with E-state index in [-0.39, 0.29) is 24.0 Å². The Kier molecular flexibility index (Phi) is 5.92. The van der Waals surface area contributed by atoms with Gasteiger partial charge in [0.15, 0.2) is 0 Å². The summed E-state index contributed by atoms with van der Waals surface area (Å²) >= 11 is 0. The standard InChI is InChI=1S/C23H30N2O3/c1-16(19-11-7-9-17-8-5-6-10-20(17)19)24-21(26)18-12-14-25(15-13-18)22(27)28-23(2,3)4/h5-11,16,18H,12-15H2,1-4H3,(H,24,26)/t16-/m0/s1. The van der Waals surface area contributed by atoms with Crippen molar-refractivity contribution in [2.24, 2.45) is 5.92 Å². The maximum atomic E-state index is 12.8. The van der Waals surface area contributed by atoms with E-state index < -0.39 is 5.60 Å². The zero-order valence-electron chi connectivity index (χ0n) is 17.2. The molecule has 1 N–H and O–H groups in total. The average molecular weight is 383 g/mol. The number of fused-ring (bicyclic) bond motifs is 1. The number of benzene rings is 2. The van der Waals surface area contributed by atoms with Crippen molar-refractivity contribution in [3.8, 4) is 0 Å². The van der Waals surface area contributed by atoms with Crippen molar-refractivity contribution in [2.45, 2.75) is 52.2 Å². The topological polar surface area (TPSA) is 58.6 Å². The van der Waals surface area contributed by atoms with Crippen molar-refractivity contribution in [3.63, 3.8) is 0 Å². The van der Waals surface area contributed by atoms with Crippen molar-refractivity contribution >= 4 is 22.8 Å². The SMILES string of the molecule is C[C@H](NC(=O)C1CCN(C(=O)OC(C)(C)C)CC1)c1cccc2ccccc12. The highest BCUT2D eigenvalue weighted by molar-refractivity contribution is 5.87. The van der Waals surface area contributed by atoms with E-state index in [1.165, 1.54) is 5.39 Å². The third-order valence-electron chi connectivity index (χ3n) is 5.17. The van der Waals surface area contributed by atoms with Gasteiger partial charge in [-0.25, -0.2) is 4.79 Å². The number of carbonyl (C=O) groups is 2. The summed E-state index contributed by atoms with van der Waals surface area (Å²) in [7, 11) is 0. The molecular weight excluding hydrogens is 352 g/mol. The monoisotopic (exact) mass is 382 g/mol. The number of hydrogen-bond acceptors (Lipinski definition) is 3. The Hall–Kier alpha value is -2.56. The molecule has 1 aliphatic heterocycles. The Morgan fingerprint density at radius 2 is 1.71 bits per heavy atom. The van der Waals surface area contributed by atoms with Crippen LogP contribution in [0.2, 0.25) is 0 Å². The fourth-order valence-corrected chi connectivity index (χ4v) is 3.69. The second kappa shape index (κ2) is 8.21. The van der Waals surface area contributed by atoms with Crippen molar-refractivity contribution < 1.29 is 14.3 Å². The minimum atomic E-state index is -0.501. The van der Waals surface area contributed by atoms with Crippen molar-refractivity contribution in [1.29, 1.82) is 0 Å². The Labute approximate surface area is 167 Å². The van der Waals surface area contributed by atoms with Gasteiger partial charge in [0.2, 0.25) is 5.91 Å². The molecule has 0 aliphatic carbocycles. The van der Waals surface area contributed by atoms with Gasteiger partial charge in [-0.2, -0.15) is 0 Å². The highest BCUT2D eigenvalue weighted by Crippen LogP contribution is 2.26. The number of nitrogens with zero attached hydrogens (tertiary/aromatic N) is 1. The maximum Gasteiger partial charge on any atom is 0.410 e. The molecule has 1 saturated heterocycles. The first-order valence-corrected chi connectivity index (χ1v) is 10.0. The van der Waals surface area contributed by atoms with Crippen LogP contribution in [0.4, 0.5) is 4.79 Å². The van der Waals surface area contributed by atoms with Gasteiger partial charge in [-0.05, 0) is 56.9 Å². The predicted molar refractivity (Wildman–Crippen MR) is 111 cm³/mol. The van der Waals surface area contributed by atoms with Crippen LogP contribution in [-0.4, -0.2) is 35.6 Å². The summed E-state index contributed by atoms with van der Waals surface area (Å²) in [6, 6.07) is 14.3. The van der Waals surface area contributed by atoms with E-state index in [9.17, 15) is 9.59 Å². The van der Waals surface area contributed by atoms with Crippen LogP contribution in [0.1, 0.15) is 52.1 Å². The molecule has 1 atom stereocenters. The molecule has 1 fully saturated rings. The highest BCUT2D eigenvalue weighted by atomic mass is 16.6. The summed E-state index contributed by atoms with van der Waals surface area (Å²) in [5, 5.41) is 5.50. The van der Waals surface area contributed by atoms with Crippen LogP contribution in [-0.2, 0) is 9.53 Å². The Bertz CT molecular complexity index is 843. The molecule has 5 nitrogen and oxygen atoms in total. The van der Waals surface area contributed by atoms with Crippen LogP contribution in [0.3, 0.4) is 0 Å². The fraction of sp³-hybridized carbons (Fsp3) is 0.478. The smallest absolute Gasteiger partial charge is 0.410 e. The van der Waals surface area contributed by atoms with E-state index in [1.54, 1.807) is 4.90 Å². The van der Waals surface area contributed by atoms with Crippen LogP contribution >= 0.6 is 0 Å².